The first-order chi connectivity index (χ1) is 8.10. The van der Waals surface area contributed by atoms with Gasteiger partial charge in [-0.15, -0.1) is 6.58 Å². The number of nitrogens with two attached hydrogens (primary N) is 1. The summed E-state index contributed by atoms with van der Waals surface area (Å²) >= 11 is 0. The Morgan fingerprint density at radius 2 is 2.29 bits per heavy atom. The number of hydrogen-bond donors (Lipinski definition) is 2. The summed E-state index contributed by atoms with van der Waals surface area (Å²) in [6.45, 7) is 4.07. The van der Waals surface area contributed by atoms with Crippen molar-refractivity contribution < 1.29 is 14.4 Å². The van der Waals surface area contributed by atoms with Crippen molar-refractivity contribution >= 4 is 18.2 Å². The molecule has 0 aromatic heterocycles. The van der Waals surface area contributed by atoms with Crippen LogP contribution in [0.15, 0.2) is 12.7 Å². The normalized spacial score (nSPS) is 20.7. The molecule has 0 aliphatic carbocycles. The number of amides is 3. The van der Waals surface area contributed by atoms with E-state index in [4.69, 9.17) is 5.73 Å². The molecular weight excluding hydrogens is 222 g/mol. The maximum absolute atomic E-state index is 11.9. The fraction of sp³-hybridized carbons (Fsp3) is 0.545. The van der Waals surface area contributed by atoms with Gasteiger partial charge in [0.1, 0.15) is 12.1 Å². The lowest BCUT2D eigenvalue weighted by Crippen LogP contribution is -2.50. The fourth-order valence-electron chi connectivity index (χ4n) is 1.88. The molecule has 0 radical (unpaired) electrons. The van der Waals surface area contributed by atoms with Gasteiger partial charge in [0.05, 0.1) is 0 Å². The molecular formula is C11H17N3O3. The number of nitrogens with zero attached hydrogens (tertiary/aromatic N) is 1. The SMILES string of the molecule is C=CCC(NC(=O)C1CCCN1C=O)C(N)=O. The predicted octanol–water partition coefficient (Wildman–Crippen LogP) is -0.847. The number of likely N-dealkylation sites (tertiary alicyclic amines) is 1. The summed E-state index contributed by atoms with van der Waals surface area (Å²) in [5.41, 5.74) is 5.15. The van der Waals surface area contributed by atoms with Crippen LogP contribution in [0.25, 0.3) is 0 Å². The van der Waals surface area contributed by atoms with E-state index in [0.29, 0.717) is 19.4 Å². The largest absolute Gasteiger partial charge is 0.368 e. The summed E-state index contributed by atoms with van der Waals surface area (Å²) in [6, 6.07) is -1.24. The van der Waals surface area contributed by atoms with E-state index < -0.39 is 18.0 Å². The van der Waals surface area contributed by atoms with E-state index in [1.54, 1.807) is 0 Å². The second-order valence-corrected chi connectivity index (χ2v) is 3.99. The number of rotatable bonds is 6. The van der Waals surface area contributed by atoms with E-state index in [0.717, 1.165) is 6.42 Å². The van der Waals surface area contributed by atoms with E-state index in [2.05, 4.69) is 11.9 Å². The molecule has 6 heteroatoms. The zero-order valence-corrected chi connectivity index (χ0v) is 9.59. The maximum Gasteiger partial charge on any atom is 0.243 e. The van der Waals surface area contributed by atoms with Gasteiger partial charge in [-0.25, -0.2) is 0 Å². The van der Waals surface area contributed by atoms with Gasteiger partial charge in [0, 0.05) is 6.54 Å². The van der Waals surface area contributed by atoms with Crippen molar-refractivity contribution in [1.29, 1.82) is 0 Å². The standard InChI is InChI=1S/C11H17N3O3/c1-2-4-8(10(12)16)13-11(17)9-5-3-6-14(9)7-15/h2,7-9H,1,3-6H2,(H2,12,16)(H,13,17). The summed E-state index contributed by atoms with van der Waals surface area (Å²) in [5.74, 6) is -0.936. The first-order valence-corrected chi connectivity index (χ1v) is 5.51. The van der Waals surface area contributed by atoms with E-state index >= 15 is 0 Å². The first-order valence-electron chi connectivity index (χ1n) is 5.51. The third-order valence-electron chi connectivity index (χ3n) is 2.79. The zero-order chi connectivity index (χ0) is 12.8. The van der Waals surface area contributed by atoms with Gasteiger partial charge in [0.2, 0.25) is 18.2 Å². The summed E-state index contributed by atoms with van der Waals surface area (Å²) in [7, 11) is 0. The number of hydrogen-bond acceptors (Lipinski definition) is 3. The summed E-state index contributed by atoms with van der Waals surface area (Å²) in [4.78, 5) is 35.1. The van der Waals surface area contributed by atoms with E-state index in [1.807, 2.05) is 0 Å². The Labute approximate surface area is 99.8 Å². The summed E-state index contributed by atoms with van der Waals surface area (Å²) < 4.78 is 0. The Kier molecular flexibility index (Phi) is 4.68. The molecule has 0 spiro atoms. The Morgan fingerprint density at radius 1 is 1.59 bits per heavy atom. The number of nitrogens with one attached hydrogen (secondary N) is 1. The predicted molar refractivity (Wildman–Crippen MR) is 61.7 cm³/mol. The molecule has 1 aliphatic rings. The highest BCUT2D eigenvalue weighted by atomic mass is 16.2. The number of primary amides is 1. The van der Waals surface area contributed by atoms with Crippen LogP contribution in [0.2, 0.25) is 0 Å². The molecule has 0 saturated carbocycles. The Balaban J connectivity index is 2.60. The monoisotopic (exact) mass is 239 g/mol. The second kappa shape index (κ2) is 6.03. The molecule has 3 amide bonds. The highest BCUT2D eigenvalue weighted by Gasteiger charge is 2.31. The second-order valence-electron chi connectivity index (χ2n) is 3.99. The molecule has 1 rings (SSSR count). The van der Waals surface area contributed by atoms with Crippen molar-refractivity contribution in [2.45, 2.75) is 31.3 Å². The van der Waals surface area contributed by atoms with Crippen LogP contribution in [-0.4, -0.2) is 41.8 Å². The van der Waals surface area contributed by atoms with Crippen LogP contribution >= 0.6 is 0 Å². The highest BCUT2D eigenvalue weighted by Crippen LogP contribution is 2.15. The molecule has 17 heavy (non-hydrogen) atoms. The lowest BCUT2D eigenvalue weighted by molar-refractivity contribution is -0.133. The van der Waals surface area contributed by atoms with E-state index in [-0.39, 0.29) is 12.3 Å². The van der Waals surface area contributed by atoms with Gasteiger partial charge in [0.25, 0.3) is 0 Å². The molecule has 3 N–H and O–H groups in total. The molecule has 0 aromatic carbocycles. The number of carbonyl (C=O) groups is 3. The van der Waals surface area contributed by atoms with Crippen LogP contribution < -0.4 is 11.1 Å². The van der Waals surface area contributed by atoms with Crippen LogP contribution in [0.3, 0.4) is 0 Å². The van der Waals surface area contributed by atoms with Gasteiger partial charge in [-0.1, -0.05) is 6.08 Å². The van der Waals surface area contributed by atoms with Crippen LogP contribution in [0.5, 0.6) is 0 Å². The Hall–Kier alpha value is -1.85. The van der Waals surface area contributed by atoms with Crippen molar-refractivity contribution in [2.75, 3.05) is 6.54 Å². The minimum Gasteiger partial charge on any atom is -0.368 e. The quantitative estimate of drug-likeness (QED) is 0.467. The molecule has 1 aliphatic heterocycles. The molecule has 2 atom stereocenters. The van der Waals surface area contributed by atoms with Crippen LogP contribution in [0.1, 0.15) is 19.3 Å². The van der Waals surface area contributed by atoms with Gasteiger partial charge in [0.15, 0.2) is 0 Å². The van der Waals surface area contributed by atoms with Gasteiger partial charge in [-0.05, 0) is 19.3 Å². The van der Waals surface area contributed by atoms with Gasteiger partial charge in [-0.2, -0.15) is 0 Å². The molecule has 1 saturated heterocycles. The maximum atomic E-state index is 11.9. The van der Waals surface area contributed by atoms with Crippen molar-refractivity contribution in [3.8, 4) is 0 Å². The van der Waals surface area contributed by atoms with Crippen molar-refractivity contribution in [2.24, 2.45) is 5.73 Å². The highest BCUT2D eigenvalue weighted by molar-refractivity contribution is 5.90. The Morgan fingerprint density at radius 3 is 2.82 bits per heavy atom. The minimum absolute atomic E-state index is 0.287. The molecule has 94 valence electrons. The van der Waals surface area contributed by atoms with Gasteiger partial charge in [-0.3, -0.25) is 14.4 Å². The zero-order valence-electron chi connectivity index (χ0n) is 9.59. The minimum atomic E-state index is -0.755. The lowest BCUT2D eigenvalue weighted by atomic mass is 10.1. The smallest absolute Gasteiger partial charge is 0.243 e. The van der Waals surface area contributed by atoms with Crippen LogP contribution in [0, 0.1) is 0 Å². The van der Waals surface area contributed by atoms with Crippen LogP contribution in [0.4, 0.5) is 0 Å². The van der Waals surface area contributed by atoms with E-state index in [1.165, 1.54) is 11.0 Å². The molecule has 1 heterocycles. The lowest BCUT2D eigenvalue weighted by Gasteiger charge is -2.21. The molecule has 1 fully saturated rings. The number of carbonyl (C=O) groups excluding carboxylic acids is 3. The topological polar surface area (TPSA) is 92.5 Å². The van der Waals surface area contributed by atoms with Gasteiger partial charge >= 0.3 is 0 Å². The average Bonchev–Trinajstić information content (AvgIpc) is 2.76. The third kappa shape index (κ3) is 3.30. The van der Waals surface area contributed by atoms with E-state index in [9.17, 15) is 14.4 Å². The molecule has 6 nitrogen and oxygen atoms in total. The van der Waals surface area contributed by atoms with Crippen LogP contribution in [-0.2, 0) is 14.4 Å². The molecule has 0 bridgehead atoms. The molecule has 2 unspecified atom stereocenters. The molecule has 0 aromatic rings. The van der Waals surface area contributed by atoms with Crippen molar-refractivity contribution in [3.63, 3.8) is 0 Å². The average molecular weight is 239 g/mol. The third-order valence-corrected chi connectivity index (χ3v) is 2.79. The summed E-state index contributed by atoms with van der Waals surface area (Å²) in [5, 5.41) is 2.54. The van der Waals surface area contributed by atoms with Gasteiger partial charge < -0.3 is 16.0 Å². The Bertz CT molecular complexity index is 330. The summed E-state index contributed by atoms with van der Waals surface area (Å²) in [6.07, 6.45) is 3.87. The fourth-order valence-corrected chi connectivity index (χ4v) is 1.88. The van der Waals surface area contributed by atoms with Crippen molar-refractivity contribution in [1.82, 2.24) is 10.2 Å². The first kappa shape index (κ1) is 13.2. The van der Waals surface area contributed by atoms with Crippen molar-refractivity contribution in [3.05, 3.63) is 12.7 Å².